The molecule has 0 aliphatic heterocycles. The summed E-state index contributed by atoms with van der Waals surface area (Å²) in [6.07, 6.45) is 0.622. The zero-order chi connectivity index (χ0) is 17.5. The normalized spacial score (nSPS) is 22.1. The summed E-state index contributed by atoms with van der Waals surface area (Å²) < 4.78 is 33.9. The zero-order valence-electron chi connectivity index (χ0n) is 13.1. The first-order chi connectivity index (χ1) is 11.4. The molecular weight excluding hydrogens is 332 g/mol. The number of benzene rings is 2. The van der Waals surface area contributed by atoms with Crippen molar-refractivity contribution in [3.63, 3.8) is 0 Å². The van der Waals surface area contributed by atoms with Gasteiger partial charge in [0.2, 0.25) is 0 Å². The lowest BCUT2D eigenvalue weighted by atomic mass is 10.0. The van der Waals surface area contributed by atoms with Gasteiger partial charge in [-0.25, -0.2) is 8.78 Å². The van der Waals surface area contributed by atoms with Crippen LogP contribution in [0.3, 0.4) is 0 Å². The van der Waals surface area contributed by atoms with Crippen LogP contribution in [-0.2, 0) is 6.42 Å². The molecule has 2 atom stereocenters. The third kappa shape index (κ3) is 2.85. The van der Waals surface area contributed by atoms with Crippen molar-refractivity contribution in [1.82, 2.24) is 0 Å². The van der Waals surface area contributed by atoms with E-state index in [9.17, 15) is 13.9 Å². The number of nitrogens with zero attached hydrogens (tertiary/aromatic N) is 1. The lowest BCUT2D eigenvalue weighted by molar-refractivity contribution is 0.0167. The molecule has 6 heteroatoms. The van der Waals surface area contributed by atoms with Crippen molar-refractivity contribution >= 4 is 11.8 Å². The Kier molecular flexibility index (Phi) is 4.24. The molecule has 0 spiro atoms. The van der Waals surface area contributed by atoms with Crippen LogP contribution in [0.25, 0.3) is 0 Å². The first-order valence-corrected chi connectivity index (χ1v) is 8.53. The Morgan fingerprint density at radius 1 is 1.38 bits per heavy atom. The van der Waals surface area contributed by atoms with Crippen LogP contribution < -0.4 is 4.74 Å². The van der Waals surface area contributed by atoms with Gasteiger partial charge in [-0.05, 0) is 37.4 Å². The van der Waals surface area contributed by atoms with Crippen LogP contribution in [0, 0.1) is 17.1 Å². The quantitative estimate of drug-likeness (QED) is 0.829. The van der Waals surface area contributed by atoms with E-state index in [2.05, 4.69) is 0 Å². The molecule has 1 aliphatic carbocycles. The molecule has 1 aliphatic rings. The van der Waals surface area contributed by atoms with Crippen LogP contribution >= 0.6 is 11.8 Å². The second-order valence-corrected chi connectivity index (χ2v) is 6.75. The largest absolute Gasteiger partial charge is 0.457 e. The molecule has 0 amide bonds. The highest BCUT2D eigenvalue weighted by atomic mass is 32.2. The highest BCUT2D eigenvalue weighted by Gasteiger charge is 2.45. The molecule has 0 heterocycles. The average molecular weight is 347 g/mol. The van der Waals surface area contributed by atoms with Crippen LogP contribution in [0.15, 0.2) is 35.2 Å². The van der Waals surface area contributed by atoms with E-state index in [1.165, 1.54) is 24.8 Å². The van der Waals surface area contributed by atoms with Gasteiger partial charge in [-0.3, -0.25) is 0 Å². The number of hydrogen-bond donors (Lipinski definition) is 1. The second-order valence-electron chi connectivity index (χ2n) is 5.91. The maximum absolute atomic E-state index is 14.6. The molecule has 0 aromatic heterocycles. The summed E-state index contributed by atoms with van der Waals surface area (Å²) in [5.74, 6) is -0.0675. The van der Waals surface area contributed by atoms with Crippen molar-refractivity contribution < 1.29 is 18.6 Å². The molecule has 0 fully saturated rings. The van der Waals surface area contributed by atoms with Crippen LogP contribution in [0.1, 0.15) is 29.7 Å². The molecule has 2 aromatic rings. The zero-order valence-corrected chi connectivity index (χ0v) is 14.0. The third-order valence-electron chi connectivity index (χ3n) is 4.09. The summed E-state index contributed by atoms with van der Waals surface area (Å²) in [5, 5.41) is 19.2. The van der Waals surface area contributed by atoms with Crippen LogP contribution in [0.4, 0.5) is 8.78 Å². The smallest absolute Gasteiger partial charge is 0.142 e. The Hall–Kier alpha value is -2.10. The molecule has 2 aromatic carbocycles. The van der Waals surface area contributed by atoms with Crippen molar-refractivity contribution in [3.05, 3.63) is 52.8 Å². The molecule has 3 rings (SSSR count). The Morgan fingerprint density at radius 2 is 2.12 bits per heavy atom. The molecular formula is C18H15F2NO2S. The summed E-state index contributed by atoms with van der Waals surface area (Å²) in [6.45, 7) is 1.35. The number of alkyl halides is 1. The Bertz CT molecular complexity index is 846. The lowest BCUT2D eigenvalue weighted by Gasteiger charge is -2.18. The van der Waals surface area contributed by atoms with Gasteiger partial charge in [0.05, 0.1) is 11.6 Å². The summed E-state index contributed by atoms with van der Waals surface area (Å²) >= 11 is 1.42. The Balaban J connectivity index is 2.06. The summed E-state index contributed by atoms with van der Waals surface area (Å²) in [5.41, 5.74) is -0.562. The maximum Gasteiger partial charge on any atom is 0.142 e. The number of thioether (sulfide) groups is 1. The second kappa shape index (κ2) is 6.08. The highest BCUT2D eigenvalue weighted by Crippen LogP contribution is 2.49. The molecule has 1 N–H and O–H groups in total. The van der Waals surface area contributed by atoms with E-state index >= 15 is 0 Å². The summed E-state index contributed by atoms with van der Waals surface area (Å²) in [7, 11) is 0. The van der Waals surface area contributed by atoms with Crippen molar-refractivity contribution in [1.29, 1.82) is 5.26 Å². The molecule has 0 radical (unpaired) electrons. The van der Waals surface area contributed by atoms with E-state index in [1.54, 1.807) is 12.1 Å². The minimum Gasteiger partial charge on any atom is -0.457 e. The van der Waals surface area contributed by atoms with E-state index in [1.807, 2.05) is 12.3 Å². The standard InChI is InChI=1S/C18H15F2NO2S/c1-18(20)8-13-14(3-4-15(24-2)16(13)17(18)22)23-12-6-10(9-21)5-11(19)7-12/h3-7,17,22H,8H2,1-2H3. The van der Waals surface area contributed by atoms with Crippen molar-refractivity contribution in [2.75, 3.05) is 6.26 Å². The fourth-order valence-electron chi connectivity index (χ4n) is 2.94. The topological polar surface area (TPSA) is 53.2 Å². The van der Waals surface area contributed by atoms with Gasteiger partial charge in [0.1, 0.15) is 29.1 Å². The minimum absolute atomic E-state index is 0.00760. The monoisotopic (exact) mass is 347 g/mol. The Labute approximate surface area is 142 Å². The highest BCUT2D eigenvalue weighted by molar-refractivity contribution is 7.98. The van der Waals surface area contributed by atoms with E-state index in [4.69, 9.17) is 10.00 Å². The van der Waals surface area contributed by atoms with Gasteiger partial charge in [0, 0.05) is 28.5 Å². The fourth-order valence-corrected chi connectivity index (χ4v) is 3.59. The van der Waals surface area contributed by atoms with Crippen molar-refractivity contribution in [2.24, 2.45) is 0 Å². The number of nitriles is 1. The van der Waals surface area contributed by atoms with Gasteiger partial charge in [-0.15, -0.1) is 11.8 Å². The summed E-state index contributed by atoms with van der Waals surface area (Å²) in [4.78, 5) is 0.781. The average Bonchev–Trinajstić information content (AvgIpc) is 2.78. The number of hydrogen-bond acceptors (Lipinski definition) is 4. The van der Waals surface area contributed by atoms with E-state index in [0.29, 0.717) is 16.9 Å². The molecule has 0 bridgehead atoms. The van der Waals surface area contributed by atoms with Gasteiger partial charge < -0.3 is 9.84 Å². The molecule has 24 heavy (non-hydrogen) atoms. The lowest BCUT2D eigenvalue weighted by Crippen LogP contribution is -2.23. The number of halogens is 2. The van der Waals surface area contributed by atoms with Gasteiger partial charge >= 0.3 is 0 Å². The van der Waals surface area contributed by atoms with E-state index in [0.717, 1.165) is 17.0 Å². The number of fused-ring (bicyclic) bond motifs is 1. The number of aliphatic hydroxyl groups excluding tert-OH is 1. The predicted molar refractivity (Wildman–Crippen MR) is 87.6 cm³/mol. The first-order valence-electron chi connectivity index (χ1n) is 7.31. The van der Waals surface area contributed by atoms with Gasteiger partial charge in [-0.1, -0.05) is 0 Å². The van der Waals surface area contributed by atoms with Crippen LogP contribution in [0.5, 0.6) is 11.5 Å². The van der Waals surface area contributed by atoms with Gasteiger partial charge in [-0.2, -0.15) is 5.26 Å². The Morgan fingerprint density at radius 3 is 2.79 bits per heavy atom. The third-order valence-corrected chi connectivity index (χ3v) is 4.88. The van der Waals surface area contributed by atoms with Crippen LogP contribution in [-0.4, -0.2) is 17.0 Å². The summed E-state index contributed by atoms with van der Waals surface area (Å²) in [6, 6.07) is 8.97. The maximum atomic E-state index is 14.6. The SMILES string of the molecule is CSc1ccc(Oc2cc(F)cc(C#N)c2)c2c1C(O)C(C)(F)C2. The fraction of sp³-hybridized carbons (Fsp3) is 0.278. The van der Waals surface area contributed by atoms with E-state index in [-0.39, 0.29) is 17.7 Å². The van der Waals surface area contributed by atoms with Gasteiger partial charge in [0.15, 0.2) is 0 Å². The number of rotatable bonds is 3. The van der Waals surface area contributed by atoms with Gasteiger partial charge in [0.25, 0.3) is 0 Å². The molecule has 2 unspecified atom stereocenters. The number of aliphatic hydroxyl groups is 1. The molecule has 124 valence electrons. The van der Waals surface area contributed by atoms with E-state index < -0.39 is 17.6 Å². The predicted octanol–water partition coefficient (Wildman–Crippen LogP) is 4.53. The van der Waals surface area contributed by atoms with Crippen molar-refractivity contribution in [2.45, 2.75) is 30.0 Å². The van der Waals surface area contributed by atoms with Crippen molar-refractivity contribution in [3.8, 4) is 17.6 Å². The molecule has 0 saturated carbocycles. The van der Waals surface area contributed by atoms with Crippen LogP contribution in [0.2, 0.25) is 0 Å². The molecule has 0 saturated heterocycles. The minimum atomic E-state index is -1.79. The number of ether oxygens (including phenoxy) is 1. The molecule has 3 nitrogen and oxygen atoms in total. The first kappa shape index (κ1) is 16.7.